The van der Waals surface area contributed by atoms with E-state index in [1.807, 2.05) is 37.6 Å². The highest BCUT2D eigenvalue weighted by molar-refractivity contribution is 5.16. The second-order valence-corrected chi connectivity index (χ2v) is 4.47. The van der Waals surface area contributed by atoms with Gasteiger partial charge in [-0.15, -0.1) is 0 Å². The molecule has 0 bridgehead atoms. The van der Waals surface area contributed by atoms with Crippen molar-refractivity contribution in [3.63, 3.8) is 0 Å². The number of aryl methyl sites for hydroxylation is 1. The minimum Gasteiger partial charge on any atom is -0.395 e. The summed E-state index contributed by atoms with van der Waals surface area (Å²) in [7, 11) is 1.90. The van der Waals surface area contributed by atoms with Gasteiger partial charge in [0, 0.05) is 31.4 Å². The maximum Gasteiger partial charge on any atom is 0.0587 e. The van der Waals surface area contributed by atoms with E-state index in [-0.39, 0.29) is 12.6 Å². The molecular weight excluding hydrogens is 226 g/mol. The minimum atomic E-state index is 0.0765. The number of nitrogens with one attached hydrogen (secondary N) is 1. The van der Waals surface area contributed by atoms with Crippen molar-refractivity contribution < 1.29 is 5.11 Å². The first-order valence-electron chi connectivity index (χ1n) is 6.13. The molecule has 2 rings (SSSR count). The van der Waals surface area contributed by atoms with Gasteiger partial charge in [0.25, 0.3) is 0 Å². The van der Waals surface area contributed by atoms with Crippen LogP contribution in [0.3, 0.4) is 0 Å². The Morgan fingerprint density at radius 3 is 2.67 bits per heavy atom. The average molecular weight is 245 g/mol. The number of aliphatic hydroxyl groups is 1. The fourth-order valence-electron chi connectivity index (χ4n) is 1.93. The molecular formula is C14H19N3O. The molecule has 0 aliphatic heterocycles. The van der Waals surface area contributed by atoms with Crippen LogP contribution >= 0.6 is 0 Å². The Labute approximate surface area is 107 Å². The molecule has 0 spiro atoms. The molecule has 0 saturated carbocycles. The summed E-state index contributed by atoms with van der Waals surface area (Å²) in [4.78, 5) is 0. The number of nitrogens with zero attached hydrogens (tertiary/aromatic N) is 2. The summed E-state index contributed by atoms with van der Waals surface area (Å²) in [6.45, 7) is 0.862. The fraction of sp³-hybridized carbons (Fsp3) is 0.357. The lowest BCUT2D eigenvalue weighted by molar-refractivity contribution is 0.241. The van der Waals surface area contributed by atoms with Crippen LogP contribution < -0.4 is 5.32 Å². The van der Waals surface area contributed by atoms with Gasteiger partial charge in [-0.1, -0.05) is 30.3 Å². The van der Waals surface area contributed by atoms with Crippen LogP contribution in [0, 0.1) is 0 Å². The average Bonchev–Trinajstić information content (AvgIpc) is 2.81. The van der Waals surface area contributed by atoms with E-state index in [0.717, 1.165) is 18.5 Å². The number of benzene rings is 1. The second kappa shape index (κ2) is 6.33. The molecule has 1 atom stereocenters. The molecule has 1 heterocycles. The van der Waals surface area contributed by atoms with Crippen LogP contribution in [0.15, 0.2) is 42.7 Å². The molecule has 2 N–H and O–H groups in total. The summed E-state index contributed by atoms with van der Waals surface area (Å²) in [5, 5.41) is 16.8. The van der Waals surface area contributed by atoms with Gasteiger partial charge < -0.3 is 10.4 Å². The predicted octanol–water partition coefficient (Wildman–Crippen LogP) is 1.11. The zero-order chi connectivity index (χ0) is 12.8. The van der Waals surface area contributed by atoms with Gasteiger partial charge >= 0.3 is 0 Å². The van der Waals surface area contributed by atoms with Crippen molar-refractivity contribution in [3.8, 4) is 0 Å². The smallest absolute Gasteiger partial charge is 0.0587 e. The second-order valence-electron chi connectivity index (χ2n) is 4.47. The van der Waals surface area contributed by atoms with Crippen LogP contribution in [-0.4, -0.2) is 27.5 Å². The molecule has 0 fully saturated rings. The van der Waals surface area contributed by atoms with Gasteiger partial charge in [-0.3, -0.25) is 4.68 Å². The third-order valence-corrected chi connectivity index (χ3v) is 2.90. The zero-order valence-electron chi connectivity index (χ0n) is 10.6. The molecule has 0 aliphatic rings. The lowest BCUT2D eigenvalue weighted by Gasteiger charge is -2.15. The Morgan fingerprint density at radius 2 is 2.06 bits per heavy atom. The van der Waals surface area contributed by atoms with Gasteiger partial charge in [-0.05, 0) is 12.0 Å². The van der Waals surface area contributed by atoms with E-state index in [0.29, 0.717) is 0 Å². The summed E-state index contributed by atoms with van der Waals surface area (Å²) >= 11 is 0. The van der Waals surface area contributed by atoms with Crippen molar-refractivity contribution >= 4 is 0 Å². The first-order valence-corrected chi connectivity index (χ1v) is 6.13. The normalized spacial score (nSPS) is 12.6. The molecule has 0 aliphatic carbocycles. The quantitative estimate of drug-likeness (QED) is 0.801. The van der Waals surface area contributed by atoms with E-state index in [1.165, 1.54) is 5.56 Å². The summed E-state index contributed by atoms with van der Waals surface area (Å²) < 4.78 is 1.78. The molecule has 0 radical (unpaired) electrons. The first-order chi connectivity index (χ1) is 8.78. The molecule has 1 aromatic carbocycles. The zero-order valence-corrected chi connectivity index (χ0v) is 10.6. The number of aliphatic hydroxyl groups excluding tert-OH is 1. The van der Waals surface area contributed by atoms with E-state index in [2.05, 4.69) is 22.5 Å². The van der Waals surface area contributed by atoms with Crippen molar-refractivity contribution in [3.05, 3.63) is 53.9 Å². The predicted molar refractivity (Wildman–Crippen MR) is 71.1 cm³/mol. The SMILES string of the molecule is Cn1cc(CN[C@@H](CO)Cc2ccccc2)cn1. The van der Waals surface area contributed by atoms with Crippen LogP contribution in [0.4, 0.5) is 0 Å². The molecule has 0 amide bonds. The van der Waals surface area contributed by atoms with E-state index >= 15 is 0 Å². The van der Waals surface area contributed by atoms with Crippen molar-refractivity contribution in [2.45, 2.75) is 19.0 Å². The van der Waals surface area contributed by atoms with Crippen LogP contribution in [0.1, 0.15) is 11.1 Å². The number of hydrogen-bond donors (Lipinski definition) is 2. The number of hydrogen-bond acceptors (Lipinski definition) is 3. The molecule has 0 unspecified atom stereocenters. The van der Waals surface area contributed by atoms with Crippen LogP contribution in [0.2, 0.25) is 0 Å². The monoisotopic (exact) mass is 245 g/mol. The highest BCUT2D eigenvalue weighted by Crippen LogP contribution is 2.04. The first kappa shape index (κ1) is 12.8. The fourth-order valence-corrected chi connectivity index (χ4v) is 1.93. The van der Waals surface area contributed by atoms with Crippen LogP contribution in [-0.2, 0) is 20.0 Å². The lowest BCUT2D eigenvalue weighted by atomic mass is 10.1. The maximum absolute atomic E-state index is 9.39. The molecule has 96 valence electrons. The third-order valence-electron chi connectivity index (χ3n) is 2.90. The Balaban J connectivity index is 1.86. The number of aromatic nitrogens is 2. The summed E-state index contributed by atoms with van der Waals surface area (Å²) in [6.07, 6.45) is 4.64. The molecule has 4 nitrogen and oxygen atoms in total. The third kappa shape index (κ3) is 3.68. The highest BCUT2D eigenvalue weighted by Gasteiger charge is 2.08. The van der Waals surface area contributed by atoms with Gasteiger partial charge in [-0.25, -0.2) is 0 Å². The van der Waals surface area contributed by atoms with Gasteiger partial charge in [-0.2, -0.15) is 5.10 Å². The number of rotatable bonds is 6. The summed E-state index contributed by atoms with van der Waals surface area (Å²) in [5.74, 6) is 0. The van der Waals surface area contributed by atoms with E-state index in [1.54, 1.807) is 4.68 Å². The largest absolute Gasteiger partial charge is 0.395 e. The van der Waals surface area contributed by atoms with Crippen molar-refractivity contribution in [1.82, 2.24) is 15.1 Å². The van der Waals surface area contributed by atoms with E-state index in [4.69, 9.17) is 0 Å². The minimum absolute atomic E-state index is 0.0765. The summed E-state index contributed by atoms with van der Waals surface area (Å²) in [5.41, 5.74) is 2.36. The molecule has 4 heteroatoms. The molecule has 0 saturated heterocycles. The molecule has 1 aromatic heterocycles. The van der Waals surface area contributed by atoms with Crippen molar-refractivity contribution in [1.29, 1.82) is 0 Å². The topological polar surface area (TPSA) is 50.1 Å². The lowest BCUT2D eigenvalue weighted by Crippen LogP contribution is -2.33. The highest BCUT2D eigenvalue weighted by atomic mass is 16.3. The van der Waals surface area contributed by atoms with Gasteiger partial charge in [0.1, 0.15) is 0 Å². The van der Waals surface area contributed by atoms with E-state index < -0.39 is 0 Å². The van der Waals surface area contributed by atoms with E-state index in [9.17, 15) is 5.11 Å². The molecule has 18 heavy (non-hydrogen) atoms. The van der Waals surface area contributed by atoms with Crippen molar-refractivity contribution in [2.24, 2.45) is 7.05 Å². The van der Waals surface area contributed by atoms with Crippen LogP contribution in [0.25, 0.3) is 0 Å². The van der Waals surface area contributed by atoms with Gasteiger partial charge in [0.2, 0.25) is 0 Å². The molecule has 2 aromatic rings. The Morgan fingerprint density at radius 1 is 1.28 bits per heavy atom. The van der Waals surface area contributed by atoms with Crippen LogP contribution in [0.5, 0.6) is 0 Å². The van der Waals surface area contributed by atoms with Crippen molar-refractivity contribution in [2.75, 3.05) is 6.61 Å². The van der Waals surface area contributed by atoms with Gasteiger partial charge in [0.05, 0.1) is 12.8 Å². The summed E-state index contributed by atoms with van der Waals surface area (Å²) in [6, 6.07) is 10.3. The van der Waals surface area contributed by atoms with Gasteiger partial charge in [0.15, 0.2) is 0 Å². The maximum atomic E-state index is 9.39. The standard InChI is InChI=1S/C14H19N3O/c1-17-10-13(9-16-17)8-15-14(11-18)7-12-5-3-2-4-6-12/h2-6,9-10,14-15,18H,7-8,11H2,1H3/t14-/m1/s1. The Kier molecular flexibility index (Phi) is 4.50. The Hall–Kier alpha value is -1.65. The Bertz CT molecular complexity index is 467.